The minimum atomic E-state index is -3.50. The van der Waals surface area contributed by atoms with Crippen LogP contribution >= 0.6 is 0 Å². The van der Waals surface area contributed by atoms with Gasteiger partial charge in [0, 0.05) is 25.7 Å². The molecular formula is C18H22N2O3S. The second-order valence-electron chi connectivity index (χ2n) is 5.95. The van der Waals surface area contributed by atoms with Crippen LogP contribution in [0.5, 0.6) is 5.75 Å². The molecule has 1 saturated heterocycles. The molecule has 0 N–H and O–H groups in total. The van der Waals surface area contributed by atoms with Crippen molar-refractivity contribution in [1.29, 1.82) is 0 Å². The third-order valence-corrected chi connectivity index (χ3v) is 6.37. The third-order valence-electron chi connectivity index (χ3n) is 4.49. The predicted molar refractivity (Wildman–Crippen MR) is 93.6 cm³/mol. The average molecular weight is 346 g/mol. The molecule has 0 spiro atoms. The van der Waals surface area contributed by atoms with Gasteiger partial charge in [-0.2, -0.15) is 4.31 Å². The van der Waals surface area contributed by atoms with Crippen molar-refractivity contribution in [1.82, 2.24) is 9.21 Å². The lowest BCUT2D eigenvalue weighted by Crippen LogP contribution is -2.48. The van der Waals surface area contributed by atoms with Crippen molar-refractivity contribution in [3.05, 3.63) is 60.2 Å². The first-order valence-corrected chi connectivity index (χ1v) is 9.36. The molecule has 24 heavy (non-hydrogen) atoms. The van der Waals surface area contributed by atoms with Crippen LogP contribution in [-0.4, -0.2) is 51.4 Å². The predicted octanol–water partition coefficient (Wildman–Crippen LogP) is 2.37. The zero-order valence-corrected chi connectivity index (χ0v) is 14.7. The fraction of sp³-hybridized carbons (Fsp3) is 0.333. The summed E-state index contributed by atoms with van der Waals surface area (Å²) in [5.74, 6) is 0.648. The van der Waals surface area contributed by atoms with Crippen LogP contribution in [0.1, 0.15) is 11.6 Å². The number of likely N-dealkylation sites (N-methyl/N-ethyl adjacent to an activating group) is 1. The first-order chi connectivity index (χ1) is 11.5. The van der Waals surface area contributed by atoms with Gasteiger partial charge in [0.2, 0.25) is 10.0 Å². The lowest BCUT2D eigenvalue weighted by atomic mass is 10.0. The fourth-order valence-electron chi connectivity index (χ4n) is 3.00. The number of nitrogens with zero attached hydrogens (tertiary/aromatic N) is 2. The minimum Gasteiger partial charge on any atom is -0.497 e. The van der Waals surface area contributed by atoms with Crippen molar-refractivity contribution < 1.29 is 13.2 Å². The first kappa shape index (κ1) is 17.0. The van der Waals surface area contributed by atoms with E-state index in [-0.39, 0.29) is 6.04 Å². The largest absolute Gasteiger partial charge is 0.497 e. The van der Waals surface area contributed by atoms with Crippen LogP contribution in [-0.2, 0) is 10.0 Å². The second-order valence-corrected chi connectivity index (χ2v) is 7.88. The summed E-state index contributed by atoms with van der Waals surface area (Å²) in [5.41, 5.74) is 1.13. The Kier molecular flexibility index (Phi) is 4.89. The van der Waals surface area contributed by atoms with Crippen molar-refractivity contribution in [3.63, 3.8) is 0 Å². The Morgan fingerprint density at radius 2 is 1.67 bits per heavy atom. The second kappa shape index (κ2) is 6.93. The normalized spacial score (nSPS) is 20.0. The standard InChI is InChI=1S/C18H22N2O3S/c1-19-12-13-20(14-18(19)15-6-4-3-5-7-15)24(21,22)17-10-8-16(23-2)9-11-17/h3-11,18H,12-14H2,1-2H3/t18-/m0/s1. The SMILES string of the molecule is COc1ccc(S(=O)(=O)N2CCN(C)[C@H](c3ccccc3)C2)cc1. The molecule has 1 fully saturated rings. The van der Waals surface area contributed by atoms with Gasteiger partial charge in [0.1, 0.15) is 5.75 Å². The van der Waals surface area contributed by atoms with E-state index >= 15 is 0 Å². The molecule has 0 radical (unpaired) electrons. The van der Waals surface area contributed by atoms with Crippen molar-refractivity contribution >= 4 is 10.0 Å². The fourth-order valence-corrected chi connectivity index (χ4v) is 4.44. The van der Waals surface area contributed by atoms with E-state index in [1.165, 1.54) is 0 Å². The van der Waals surface area contributed by atoms with Crippen LogP contribution in [0.2, 0.25) is 0 Å². The van der Waals surface area contributed by atoms with Gasteiger partial charge in [-0.25, -0.2) is 8.42 Å². The average Bonchev–Trinajstić information content (AvgIpc) is 2.62. The van der Waals surface area contributed by atoms with E-state index in [9.17, 15) is 8.42 Å². The molecule has 1 aliphatic rings. The highest BCUT2D eigenvalue weighted by atomic mass is 32.2. The number of hydrogen-bond donors (Lipinski definition) is 0. The Hall–Kier alpha value is -1.89. The van der Waals surface area contributed by atoms with E-state index in [0.717, 1.165) is 5.56 Å². The molecule has 5 nitrogen and oxygen atoms in total. The Morgan fingerprint density at radius 1 is 1.00 bits per heavy atom. The molecule has 0 amide bonds. The molecule has 3 rings (SSSR count). The van der Waals surface area contributed by atoms with Gasteiger partial charge in [0.15, 0.2) is 0 Å². The summed E-state index contributed by atoms with van der Waals surface area (Å²) in [6.45, 7) is 1.65. The monoisotopic (exact) mass is 346 g/mol. The van der Waals surface area contributed by atoms with Crippen molar-refractivity contribution in [2.75, 3.05) is 33.8 Å². The zero-order chi connectivity index (χ0) is 17.2. The highest BCUT2D eigenvalue weighted by Crippen LogP contribution is 2.28. The summed E-state index contributed by atoms with van der Waals surface area (Å²) in [6.07, 6.45) is 0. The summed E-state index contributed by atoms with van der Waals surface area (Å²) in [7, 11) is 0.100. The van der Waals surface area contributed by atoms with Gasteiger partial charge >= 0.3 is 0 Å². The van der Waals surface area contributed by atoms with Gasteiger partial charge in [-0.15, -0.1) is 0 Å². The van der Waals surface area contributed by atoms with Crippen LogP contribution < -0.4 is 4.74 Å². The summed E-state index contributed by atoms with van der Waals surface area (Å²) >= 11 is 0. The molecule has 2 aromatic carbocycles. The maximum absolute atomic E-state index is 12.9. The number of ether oxygens (including phenoxy) is 1. The maximum Gasteiger partial charge on any atom is 0.243 e. The van der Waals surface area contributed by atoms with Crippen LogP contribution in [0, 0.1) is 0 Å². The van der Waals surface area contributed by atoms with Crippen LogP contribution in [0.3, 0.4) is 0 Å². The Balaban J connectivity index is 1.85. The molecule has 0 aliphatic carbocycles. The maximum atomic E-state index is 12.9. The highest BCUT2D eigenvalue weighted by molar-refractivity contribution is 7.89. The van der Waals surface area contributed by atoms with E-state index in [4.69, 9.17) is 4.74 Å². The van der Waals surface area contributed by atoms with E-state index in [2.05, 4.69) is 4.90 Å². The number of methoxy groups -OCH3 is 1. The summed E-state index contributed by atoms with van der Waals surface area (Å²) in [5, 5.41) is 0. The Bertz CT molecular complexity index is 776. The molecule has 0 bridgehead atoms. The van der Waals surface area contributed by atoms with Gasteiger partial charge in [0.05, 0.1) is 12.0 Å². The highest BCUT2D eigenvalue weighted by Gasteiger charge is 2.33. The number of piperazine rings is 1. The smallest absolute Gasteiger partial charge is 0.243 e. The molecule has 2 aromatic rings. The number of hydrogen-bond acceptors (Lipinski definition) is 4. The molecule has 0 saturated carbocycles. The zero-order valence-electron chi connectivity index (χ0n) is 13.9. The third kappa shape index (κ3) is 3.31. The van der Waals surface area contributed by atoms with Crippen LogP contribution in [0.4, 0.5) is 0 Å². The van der Waals surface area contributed by atoms with E-state index in [1.807, 2.05) is 37.4 Å². The Labute approximate surface area is 143 Å². The number of benzene rings is 2. The molecule has 128 valence electrons. The lowest BCUT2D eigenvalue weighted by molar-refractivity contribution is 0.148. The van der Waals surface area contributed by atoms with Crippen molar-refractivity contribution in [2.24, 2.45) is 0 Å². The van der Waals surface area contributed by atoms with Gasteiger partial charge in [-0.3, -0.25) is 4.90 Å². The number of rotatable bonds is 4. The van der Waals surface area contributed by atoms with E-state index in [1.54, 1.807) is 35.7 Å². The van der Waals surface area contributed by atoms with Crippen LogP contribution in [0.25, 0.3) is 0 Å². The molecule has 0 unspecified atom stereocenters. The molecular weight excluding hydrogens is 324 g/mol. The molecule has 0 aromatic heterocycles. The van der Waals surface area contributed by atoms with Crippen molar-refractivity contribution in [3.8, 4) is 5.75 Å². The van der Waals surface area contributed by atoms with Gasteiger partial charge < -0.3 is 4.74 Å². The Morgan fingerprint density at radius 3 is 2.29 bits per heavy atom. The summed E-state index contributed by atoms with van der Waals surface area (Å²) in [4.78, 5) is 2.51. The molecule has 1 aliphatic heterocycles. The summed E-state index contributed by atoms with van der Waals surface area (Å²) in [6, 6.07) is 16.7. The van der Waals surface area contributed by atoms with E-state index in [0.29, 0.717) is 30.3 Å². The molecule has 1 heterocycles. The molecule has 1 atom stereocenters. The number of sulfonamides is 1. The van der Waals surface area contributed by atoms with Crippen LogP contribution in [0.15, 0.2) is 59.5 Å². The van der Waals surface area contributed by atoms with Gasteiger partial charge in [-0.05, 0) is 36.9 Å². The van der Waals surface area contributed by atoms with Gasteiger partial charge in [0.25, 0.3) is 0 Å². The molecule has 6 heteroatoms. The lowest BCUT2D eigenvalue weighted by Gasteiger charge is -2.39. The van der Waals surface area contributed by atoms with Gasteiger partial charge in [-0.1, -0.05) is 30.3 Å². The van der Waals surface area contributed by atoms with Crippen molar-refractivity contribution in [2.45, 2.75) is 10.9 Å². The summed E-state index contributed by atoms with van der Waals surface area (Å²) < 4.78 is 32.6. The topological polar surface area (TPSA) is 49.9 Å². The van der Waals surface area contributed by atoms with E-state index < -0.39 is 10.0 Å². The quantitative estimate of drug-likeness (QED) is 0.853. The first-order valence-electron chi connectivity index (χ1n) is 7.92. The minimum absolute atomic E-state index is 0.0629.